The molecule has 0 spiro atoms. The van der Waals surface area contributed by atoms with E-state index in [1.165, 1.54) is 11.3 Å². The van der Waals surface area contributed by atoms with Gasteiger partial charge in [0.2, 0.25) is 0 Å². The molecule has 1 aromatic carbocycles. The Bertz CT molecular complexity index is 1540. The van der Waals surface area contributed by atoms with E-state index in [0.717, 1.165) is 54.4 Å². The average molecular weight is 454 g/mol. The number of rotatable bonds is 4. The highest BCUT2D eigenvalue weighted by atomic mass is 32.1. The van der Waals surface area contributed by atoms with Gasteiger partial charge in [-0.25, -0.2) is 0 Å². The fourth-order valence-corrected chi connectivity index (χ4v) is 5.03. The van der Waals surface area contributed by atoms with Gasteiger partial charge in [0.1, 0.15) is 6.17 Å². The number of aromatic nitrogens is 4. The number of anilines is 3. The zero-order chi connectivity index (χ0) is 22.5. The molecule has 5 N–H and O–H groups in total. The molecule has 0 radical (unpaired) electrons. The van der Waals surface area contributed by atoms with E-state index in [-0.39, 0.29) is 11.9 Å². The summed E-state index contributed by atoms with van der Waals surface area (Å²) in [4.78, 5) is 22.1. The molecule has 6 rings (SSSR count). The molecule has 33 heavy (non-hydrogen) atoms. The molecule has 0 fully saturated rings. The van der Waals surface area contributed by atoms with Gasteiger partial charge in [0.15, 0.2) is 5.78 Å². The number of aromatic amines is 1. The van der Waals surface area contributed by atoms with Crippen molar-refractivity contribution in [3.05, 3.63) is 71.8 Å². The van der Waals surface area contributed by atoms with Crippen molar-refractivity contribution in [1.29, 1.82) is 0 Å². The molecule has 1 aliphatic heterocycles. The summed E-state index contributed by atoms with van der Waals surface area (Å²) < 4.78 is 0. The Labute approximate surface area is 192 Å². The van der Waals surface area contributed by atoms with Gasteiger partial charge in [-0.1, -0.05) is 6.07 Å². The van der Waals surface area contributed by atoms with Crippen molar-refractivity contribution >= 4 is 45.1 Å². The average Bonchev–Trinajstić information content (AvgIpc) is 3.55. The molecule has 0 saturated heterocycles. The first-order chi connectivity index (χ1) is 16.1. The van der Waals surface area contributed by atoms with Crippen molar-refractivity contribution in [2.24, 2.45) is 0 Å². The lowest BCUT2D eigenvalue weighted by Crippen LogP contribution is -2.13. The van der Waals surface area contributed by atoms with Crippen LogP contribution in [0.5, 0.6) is 0 Å². The number of fused-ring (bicyclic) bond motifs is 2. The van der Waals surface area contributed by atoms with Gasteiger partial charge in [0.25, 0.3) is 0 Å². The van der Waals surface area contributed by atoms with E-state index in [2.05, 4.69) is 36.9 Å². The van der Waals surface area contributed by atoms with Gasteiger partial charge >= 0.3 is 0 Å². The van der Waals surface area contributed by atoms with Crippen LogP contribution in [0.4, 0.5) is 17.1 Å². The SMILES string of the molecule is CC(=O)c1ccc(-c2cncc3c2NC(c2[nH]nc4ccc(-c5cncc(N)c5)cc24)N3)s1. The quantitative estimate of drug-likeness (QED) is 0.280. The molecule has 162 valence electrons. The van der Waals surface area contributed by atoms with Gasteiger partial charge in [0, 0.05) is 40.0 Å². The molecule has 0 aliphatic carbocycles. The summed E-state index contributed by atoms with van der Waals surface area (Å²) in [5.74, 6) is 0.0610. The number of nitrogens with zero attached hydrogens (tertiary/aromatic N) is 3. The van der Waals surface area contributed by atoms with Crippen LogP contribution in [0.15, 0.2) is 61.2 Å². The topological polar surface area (TPSA) is 122 Å². The van der Waals surface area contributed by atoms with Gasteiger partial charge in [-0.3, -0.25) is 19.9 Å². The van der Waals surface area contributed by atoms with E-state index in [1.807, 2.05) is 36.5 Å². The number of thiophene rings is 1. The molecule has 4 aromatic heterocycles. The predicted molar refractivity (Wildman–Crippen MR) is 131 cm³/mol. The van der Waals surface area contributed by atoms with Crippen LogP contribution in [-0.4, -0.2) is 25.9 Å². The maximum atomic E-state index is 11.7. The number of carbonyl (C=O) groups excluding carboxylic acids is 1. The number of ketones is 1. The summed E-state index contributed by atoms with van der Waals surface area (Å²) in [7, 11) is 0. The number of nitrogens with two attached hydrogens (primary N) is 1. The number of hydrogen-bond donors (Lipinski definition) is 4. The molecule has 9 heteroatoms. The number of pyridine rings is 2. The Hall–Kier alpha value is -4.24. The van der Waals surface area contributed by atoms with E-state index in [4.69, 9.17) is 5.73 Å². The zero-order valence-corrected chi connectivity index (χ0v) is 18.4. The third kappa shape index (κ3) is 3.30. The number of benzene rings is 1. The lowest BCUT2D eigenvalue weighted by Gasteiger charge is -2.12. The van der Waals surface area contributed by atoms with Gasteiger partial charge in [0.05, 0.1) is 39.3 Å². The Morgan fingerprint density at radius 2 is 1.88 bits per heavy atom. The second-order valence-corrected chi connectivity index (χ2v) is 9.01. The minimum atomic E-state index is -0.214. The highest BCUT2D eigenvalue weighted by Crippen LogP contribution is 2.44. The van der Waals surface area contributed by atoms with Crippen LogP contribution in [0.2, 0.25) is 0 Å². The zero-order valence-electron chi connectivity index (χ0n) is 17.6. The first kappa shape index (κ1) is 19.4. The smallest absolute Gasteiger partial charge is 0.169 e. The van der Waals surface area contributed by atoms with E-state index in [1.54, 1.807) is 25.5 Å². The Morgan fingerprint density at radius 3 is 2.70 bits per heavy atom. The lowest BCUT2D eigenvalue weighted by atomic mass is 10.0. The number of nitrogens with one attached hydrogen (secondary N) is 3. The van der Waals surface area contributed by atoms with Gasteiger partial charge < -0.3 is 16.4 Å². The lowest BCUT2D eigenvalue weighted by molar-refractivity contribution is 0.102. The minimum absolute atomic E-state index is 0.0610. The van der Waals surface area contributed by atoms with E-state index in [0.29, 0.717) is 5.69 Å². The normalized spacial score (nSPS) is 14.6. The summed E-state index contributed by atoms with van der Waals surface area (Å²) in [5.41, 5.74) is 13.1. The van der Waals surface area contributed by atoms with Crippen LogP contribution in [0.25, 0.3) is 32.5 Å². The first-order valence-corrected chi connectivity index (χ1v) is 11.2. The monoisotopic (exact) mass is 453 g/mol. The van der Waals surface area contributed by atoms with Crippen LogP contribution in [0.1, 0.15) is 28.5 Å². The van der Waals surface area contributed by atoms with Crippen molar-refractivity contribution < 1.29 is 4.79 Å². The molecule has 8 nitrogen and oxygen atoms in total. The van der Waals surface area contributed by atoms with E-state index in [9.17, 15) is 4.79 Å². The summed E-state index contributed by atoms with van der Waals surface area (Å²) in [5, 5.41) is 15.7. The number of H-pyrrole nitrogens is 1. The van der Waals surface area contributed by atoms with Crippen molar-refractivity contribution in [2.45, 2.75) is 13.1 Å². The summed E-state index contributed by atoms with van der Waals surface area (Å²) in [6, 6.07) is 11.8. The van der Waals surface area contributed by atoms with Crippen LogP contribution in [0, 0.1) is 0 Å². The van der Waals surface area contributed by atoms with E-state index < -0.39 is 0 Å². The molecule has 0 amide bonds. The molecule has 1 aliphatic rings. The number of hydrogen-bond acceptors (Lipinski definition) is 8. The first-order valence-electron chi connectivity index (χ1n) is 10.4. The largest absolute Gasteiger partial charge is 0.397 e. The number of carbonyl (C=O) groups is 1. The summed E-state index contributed by atoms with van der Waals surface area (Å²) in [6.45, 7) is 1.58. The molecule has 1 atom stereocenters. The van der Waals surface area contributed by atoms with Gasteiger partial charge in [-0.2, -0.15) is 5.10 Å². The second kappa shape index (κ2) is 7.42. The standard InChI is InChI=1S/C24H19N7OS/c1-12(32)20-4-5-21(33-20)17-10-27-11-19-22(17)29-24(28-19)23-16-7-13(2-3-18(16)30-31-23)14-6-15(25)9-26-8-14/h2-11,24,28-29H,25H2,1H3,(H,30,31). The van der Waals surface area contributed by atoms with Crippen LogP contribution in [0.3, 0.4) is 0 Å². The highest BCUT2D eigenvalue weighted by Gasteiger charge is 2.27. The predicted octanol–water partition coefficient (Wildman–Crippen LogP) is 5.07. The maximum Gasteiger partial charge on any atom is 0.169 e. The molecular weight excluding hydrogens is 434 g/mol. The Kier molecular flexibility index (Phi) is 4.37. The Morgan fingerprint density at radius 1 is 1.00 bits per heavy atom. The van der Waals surface area contributed by atoms with Crippen LogP contribution < -0.4 is 16.4 Å². The molecule has 5 aromatic rings. The maximum absolute atomic E-state index is 11.7. The van der Waals surface area contributed by atoms with Crippen molar-refractivity contribution in [3.8, 4) is 21.6 Å². The Balaban J connectivity index is 1.37. The third-order valence-electron chi connectivity index (χ3n) is 5.72. The van der Waals surface area contributed by atoms with Crippen LogP contribution >= 0.6 is 11.3 Å². The van der Waals surface area contributed by atoms with Crippen molar-refractivity contribution in [3.63, 3.8) is 0 Å². The molecule has 0 bridgehead atoms. The minimum Gasteiger partial charge on any atom is -0.397 e. The van der Waals surface area contributed by atoms with Crippen molar-refractivity contribution in [2.75, 3.05) is 16.4 Å². The molecule has 1 unspecified atom stereocenters. The molecular formula is C24H19N7OS. The molecule has 5 heterocycles. The van der Waals surface area contributed by atoms with Crippen LogP contribution in [-0.2, 0) is 0 Å². The van der Waals surface area contributed by atoms with Gasteiger partial charge in [-0.05, 0) is 42.8 Å². The number of Topliss-reactive ketones (excluding diaryl/α,β-unsaturated/α-hetero) is 1. The third-order valence-corrected chi connectivity index (χ3v) is 6.94. The highest BCUT2D eigenvalue weighted by molar-refractivity contribution is 7.17. The fourth-order valence-electron chi connectivity index (χ4n) is 4.11. The van der Waals surface area contributed by atoms with Gasteiger partial charge in [-0.15, -0.1) is 11.3 Å². The second-order valence-electron chi connectivity index (χ2n) is 7.93. The summed E-state index contributed by atoms with van der Waals surface area (Å²) in [6.07, 6.45) is 6.84. The fraction of sp³-hybridized carbons (Fsp3) is 0.0833. The molecule has 0 saturated carbocycles. The summed E-state index contributed by atoms with van der Waals surface area (Å²) >= 11 is 1.47. The van der Waals surface area contributed by atoms with E-state index >= 15 is 0 Å². The number of nitrogen functional groups attached to an aromatic ring is 1. The van der Waals surface area contributed by atoms with Crippen molar-refractivity contribution in [1.82, 2.24) is 20.2 Å².